The lowest BCUT2D eigenvalue weighted by atomic mass is 10.1. The largest absolute Gasteiger partial charge is 0.377 e. The predicted octanol–water partition coefficient (Wildman–Crippen LogP) is 1.94. The monoisotopic (exact) mass is 181 g/mol. The molecular formula is C10H12FNO. The Hall–Kier alpha value is -1.09. The molecule has 1 aliphatic rings. The second-order valence-electron chi connectivity index (χ2n) is 3.29. The Labute approximate surface area is 76.7 Å². The zero-order valence-electron chi connectivity index (χ0n) is 7.51. The maximum atomic E-state index is 13.1. The second kappa shape index (κ2) is 3.34. The summed E-state index contributed by atoms with van der Waals surface area (Å²) >= 11 is 0. The van der Waals surface area contributed by atoms with Gasteiger partial charge in [-0.1, -0.05) is 6.07 Å². The number of hydrogen-bond acceptors (Lipinski definition) is 2. The van der Waals surface area contributed by atoms with Crippen molar-refractivity contribution < 1.29 is 9.13 Å². The van der Waals surface area contributed by atoms with Gasteiger partial charge in [-0.3, -0.25) is 0 Å². The zero-order chi connectivity index (χ0) is 9.26. The van der Waals surface area contributed by atoms with Gasteiger partial charge in [0.15, 0.2) is 0 Å². The molecule has 2 rings (SSSR count). The zero-order valence-corrected chi connectivity index (χ0v) is 7.51. The number of halogens is 1. The van der Waals surface area contributed by atoms with Gasteiger partial charge in [0.05, 0.1) is 19.3 Å². The van der Waals surface area contributed by atoms with Crippen LogP contribution in [0.15, 0.2) is 18.2 Å². The van der Waals surface area contributed by atoms with E-state index >= 15 is 0 Å². The molecule has 1 heterocycles. The highest BCUT2D eigenvalue weighted by molar-refractivity contribution is 5.51. The van der Waals surface area contributed by atoms with E-state index < -0.39 is 0 Å². The Morgan fingerprint density at radius 2 is 2.23 bits per heavy atom. The first-order valence-electron chi connectivity index (χ1n) is 4.37. The van der Waals surface area contributed by atoms with Crippen molar-refractivity contribution in [1.82, 2.24) is 0 Å². The molecule has 1 fully saturated rings. The van der Waals surface area contributed by atoms with Gasteiger partial charge in [-0.25, -0.2) is 4.39 Å². The number of nitrogens with one attached hydrogen (secondary N) is 1. The molecule has 1 N–H and O–H groups in total. The van der Waals surface area contributed by atoms with Crippen molar-refractivity contribution in [2.24, 2.45) is 0 Å². The van der Waals surface area contributed by atoms with Crippen LogP contribution in [0, 0.1) is 12.7 Å². The minimum Gasteiger partial charge on any atom is -0.377 e. The summed E-state index contributed by atoms with van der Waals surface area (Å²) in [6, 6.07) is 5.42. The molecule has 1 aliphatic heterocycles. The van der Waals surface area contributed by atoms with Gasteiger partial charge in [-0.15, -0.1) is 0 Å². The molecule has 0 aliphatic carbocycles. The van der Waals surface area contributed by atoms with E-state index in [9.17, 15) is 4.39 Å². The fraction of sp³-hybridized carbons (Fsp3) is 0.400. The van der Waals surface area contributed by atoms with Gasteiger partial charge in [0.25, 0.3) is 0 Å². The summed E-state index contributed by atoms with van der Waals surface area (Å²) in [4.78, 5) is 0. The Morgan fingerprint density at radius 3 is 2.85 bits per heavy atom. The highest BCUT2D eigenvalue weighted by atomic mass is 19.1. The molecule has 0 saturated carbocycles. The molecule has 0 bridgehead atoms. The Morgan fingerprint density at radius 1 is 1.46 bits per heavy atom. The van der Waals surface area contributed by atoms with E-state index in [2.05, 4.69) is 5.32 Å². The average molecular weight is 181 g/mol. The third-order valence-electron chi connectivity index (χ3n) is 2.27. The van der Waals surface area contributed by atoms with Gasteiger partial charge in [0.1, 0.15) is 5.82 Å². The lowest BCUT2D eigenvalue weighted by molar-refractivity contribution is 0.0211. The van der Waals surface area contributed by atoms with Crippen LogP contribution in [0.2, 0.25) is 0 Å². The van der Waals surface area contributed by atoms with Crippen molar-refractivity contribution in [3.05, 3.63) is 29.6 Å². The van der Waals surface area contributed by atoms with Crippen LogP contribution >= 0.6 is 0 Å². The first-order valence-corrected chi connectivity index (χ1v) is 4.37. The van der Waals surface area contributed by atoms with Crippen LogP contribution in [0.3, 0.4) is 0 Å². The van der Waals surface area contributed by atoms with Crippen LogP contribution in [0.1, 0.15) is 5.56 Å². The fourth-order valence-electron chi connectivity index (χ4n) is 1.30. The molecular weight excluding hydrogens is 169 g/mol. The van der Waals surface area contributed by atoms with Crippen LogP contribution in [0.5, 0.6) is 0 Å². The first kappa shape index (κ1) is 8.51. The highest BCUT2D eigenvalue weighted by Gasteiger charge is 2.18. The van der Waals surface area contributed by atoms with Gasteiger partial charge in [-0.2, -0.15) is 0 Å². The Balaban J connectivity index is 2.14. The van der Waals surface area contributed by atoms with Gasteiger partial charge < -0.3 is 10.1 Å². The fourth-order valence-corrected chi connectivity index (χ4v) is 1.30. The number of anilines is 1. The normalized spacial score (nSPS) is 16.8. The third-order valence-corrected chi connectivity index (χ3v) is 2.27. The molecule has 1 aromatic rings. The molecule has 0 atom stereocenters. The maximum absolute atomic E-state index is 13.1. The van der Waals surface area contributed by atoms with Crippen molar-refractivity contribution in [3.63, 3.8) is 0 Å². The minimum atomic E-state index is -0.162. The number of hydrogen-bond donors (Lipinski definition) is 1. The molecule has 0 aromatic heterocycles. The van der Waals surface area contributed by atoms with Gasteiger partial charge in [0.2, 0.25) is 0 Å². The summed E-state index contributed by atoms with van der Waals surface area (Å²) < 4.78 is 18.1. The molecule has 0 amide bonds. The van der Waals surface area contributed by atoms with Crippen LogP contribution in [0.25, 0.3) is 0 Å². The second-order valence-corrected chi connectivity index (χ2v) is 3.29. The van der Waals surface area contributed by atoms with E-state index in [0.717, 1.165) is 18.9 Å². The van der Waals surface area contributed by atoms with Crippen molar-refractivity contribution in [3.8, 4) is 0 Å². The smallest absolute Gasteiger partial charge is 0.128 e. The molecule has 2 nitrogen and oxygen atoms in total. The third kappa shape index (κ3) is 1.65. The van der Waals surface area contributed by atoms with Crippen LogP contribution in [-0.4, -0.2) is 19.3 Å². The van der Waals surface area contributed by atoms with Gasteiger partial charge in [0, 0.05) is 11.3 Å². The lowest BCUT2D eigenvalue weighted by Crippen LogP contribution is -2.40. The summed E-state index contributed by atoms with van der Waals surface area (Å²) in [6.45, 7) is 3.21. The molecule has 13 heavy (non-hydrogen) atoms. The first-order chi connectivity index (χ1) is 6.27. The van der Waals surface area contributed by atoms with Crippen LogP contribution in [-0.2, 0) is 4.74 Å². The van der Waals surface area contributed by atoms with E-state index in [0.29, 0.717) is 11.6 Å². The van der Waals surface area contributed by atoms with E-state index in [1.807, 2.05) is 6.07 Å². The molecule has 0 unspecified atom stereocenters. The summed E-state index contributed by atoms with van der Waals surface area (Å²) in [5.41, 5.74) is 1.54. The Kier molecular flexibility index (Phi) is 2.19. The van der Waals surface area contributed by atoms with Gasteiger partial charge >= 0.3 is 0 Å². The molecule has 70 valence electrons. The summed E-state index contributed by atoms with van der Waals surface area (Å²) in [5, 5.41) is 3.22. The standard InChI is InChI=1S/C10H12FNO/c1-7-9(11)3-2-4-10(7)12-8-5-13-6-8/h2-4,8,12H,5-6H2,1H3. The Bertz CT molecular complexity index is 310. The molecule has 3 heteroatoms. The van der Waals surface area contributed by atoms with Gasteiger partial charge in [-0.05, 0) is 19.1 Å². The van der Waals surface area contributed by atoms with Crippen molar-refractivity contribution in [2.75, 3.05) is 18.5 Å². The number of rotatable bonds is 2. The highest BCUT2D eigenvalue weighted by Crippen LogP contribution is 2.19. The molecule has 0 spiro atoms. The maximum Gasteiger partial charge on any atom is 0.128 e. The van der Waals surface area contributed by atoms with E-state index in [4.69, 9.17) is 4.74 Å². The summed E-state index contributed by atoms with van der Waals surface area (Å²) in [5.74, 6) is -0.162. The lowest BCUT2D eigenvalue weighted by Gasteiger charge is -2.28. The predicted molar refractivity (Wildman–Crippen MR) is 49.4 cm³/mol. The summed E-state index contributed by atoms with van der Waals surface area (Å²) in [6.07, 6.45) is 0. The molecule has 1 saturated heterocycles. The van der Waals surface area contributed by atoms with Crippen LogP contribution in [0.4, 0.5) is 10.1 Å². The quantitative estimate of drug-likeness (QED) is 0.752. The van der Waals surface area contributed by atoms with Crippen molar-refractivity contribution in [1.29, 1.82) is 0 Å². The topological polar surface area (TPSA) is 21.3 Å². The number of benzene rings is 1. The minimum absolute atomic E-state index is 0.162. The van der Waals surface area contributed by atoms with Crippen LogP contribution < -0.4 is 5.32 Å². The number of ether oxygens (including phenoxy) is 1. The van der Waals surface area contributed by atoms with Crippen molar-refractivity contribution >= 4 is 5.69 Å². The molecule has 0 radical (unpaired) electrons. The van der Waals surface area contributed by atoms with E-state index in [1.165, 1.54) is 6.07 Å². The van der Waals surface area contributed by atoms with Crippen molar-refractivity contribution in [2.45, 2.75) is 13.0 Å². The average Bonchev–Trinajstić information content (AvgIpc) is 2.04. The SMILES string of the molecule is Cc1c(F)cccc1NC1COC1. The van der Waals surface area contributed by atoms with E-state index in [-0.39, 0.29) is 5.82 Å². The summed E-state index contributed by atoms with van der Waals surface area (Å²) in [7, 11) is 0. The molecule has 1 aromatic carbocycles. The van der Waals surface area contributed by atoms with E-state index in [1.54, 1.807) is 13.0 Å².